The third-order valence-corrected chi connectivity index (χ3v) is 2.06. The zero-order chi connectivity index (χ0) is 10.7. The number of aryl methyl sites for hydroxylation is 1. The molecule has 15 heavy (non-hydrogen) atoms. The summed E-state index contributed by atoms with van der Waals surface area (Å²) in [6.45, 7) is 0.528. The summed E-state index contributed by atoms with van der Waals surface area (Å²) in [6.07, 6.45) is 3.58. The van der Waals surface area contributed by atoms with Crippen molar-refractivity contribution in [2.45, 2.75) is 6.54 Å². The molecule has 0 saturated carbocycles. The van der Waals surface area contributed by atoms with Crippen LogP contribution in [0.5, 0.6) is 0 Å². The van der Waals surface area contributed by atoms with Gasteiger partial charge in [0.2, 0.25) is 5.95 Å². The second kappa shape index (κ2) is 4.08. The lowest BCUT2D eigenvalue weighted by molar-refractivity contribution is 0.585. The summed E-state index contributed by atoms with van der Waals surface area (Å²) >= 11 is 0. The van der Waals surface area contributed by atoms with Gasteiger partial charge in [0.05, 0.1) is 6.54 Å². The molecule has 2 aromatic rings. The van der Waals surface area contributed by atoms with Crippen molar-refractivity contribution in [1.82, 2.24) is 14.5 Å². The molecular weight excluding hydrogens is 195 g/mol. The average Bonchev–Trinajstić information content (AvgIpc) is 2.61. The van der Waals surface area contributed by atoms with Crippen molar-refractivity contribution in [2.24, 2.45) is 7.05 Å². The fourth-order valence-electron chi connectivity index (χ4n) is 1.24. The first-order valence-electron chi connectivity index (χ1n) is 4.58. The van der Waals surface area contributed by atoms with Crippen LogP contribution in [0.25, 0.3) is 0 Å². The third-order valence-electron chi connectivity index (χ3n) is 2.06. The molecule has 78 valence electrons. The van der Waals surface area contributed by atoms with Crippen LogP contribution in [-0.2, 0) is 13.6 Å². The van der Waals surface area contributed by atoms with Gasteiger partial charge in [-0.15, -0.1) is 0 Å². The molecule has 0 bridgehead atoms. The molecule has 0 aliphatic heterocycles. The molecular formula is C10H11FN4. The van der Waals surface area contributed by atoms with Gasteiger partial charge in [-0.2, -0.15) is 4.39 Å². The number of hydrogen-bond acceptors (Lipinski definition) is 3. The van der Waals surface area contributed by atoms with Gasteiger partial charge in [0, 0.05) is 19.4 Å². The zero-order valence-electron chi connectivity index (χ0n) is 8.31. The van der Waals surface area contributed by atoms with E-state index in [0.717, 1.165) is 5.82 Å². The maximum absolute atomic E-state index is 12.7. The van der Waals surface area contributed by atoms with Gasteiger partial charge in [-0.05, 0) is 12.1 Å². The first kappa shape index (κ1) is 9.64. The molecule has 0 aliphatic carbocycles. The van der Waals surface area contributed by atoms with E-state index < -0.39 is 5.95 Å². The summed E-state index contributed by atoms with van der Waals surface area (Å²) in [6, 6.07) is 4.64. The van der Waals surface area contributed by atoms with E-state index in [0.29, 0.717) is 12.4 Å². The summed E-state index contributed by atoms with van der Waals surface area (Å²) in [5.74, 6) is 0.902. The number of pyridine rings is 1. The lowest BCUT2D eigenvalue weighted by Gasteiger charge is -2.04. The Morgan fingerprint density at radius 1 is 1.47 bits per heavy atom. The van der Waals surface area contributed by atoms with Gasteiger partial charge in [-0.25, -0.2) is 9.97 Å². The number of anilines is 1. The molecule has 0 spiro atoms. The van der Waals surface area contributed by atoms with E-state index in [1.807, 2.05) is 17.8 Å². The van der Waals surface area contributed by atoms with Crippen molar-refractivity contribution in [3.05, 3.63) is 42.4 Å². The van der Waals surface area contributed by atoms with Crippen molar-refractivity contribution < 1.29 is 4.39 Å². The molecule has 0 unspecified atom stereocenters. The SMILES string of the molecule is Cn1ccnc1CNc1cccc(F)n1. The van der Waals surface area contributed by atoms with E-state index in [1.54, 1.807) is 18.3 Å². The zero-order valence-corrected chi connectivity index (χ0v) is 8.31. The minimum Gasteiger partial charge on any atom is -0.363 e. The molecule has 0 aliphatic rings. The van der Waals surface area contributed by atoms with Gasteiger partial charge in [0.25, 0.3) is 0 Å². The van der Waals surface area contributed by atoms with E-state index in [-0.39, 0.29) is 0 Å². The highest BCUT2D eigenvalue weighted by Crippen LogP contribution is 2.05. The Morgan fingerprint density at radius 3 is 3.00 bits per heavy atom. The molecule has 0 aromatic carbocycles. The number of halogens is 1. The lowest BCUT2D eigenvalue weighted by atomic mass is 10.4. The first-order valence-corrected chi connectivity index (χ1v) is 4.58. The minimum atomic E-state index is -0.486. The van der Waals surface area contributed by atoms with Gasteiger partial charge in [-0.3, -0.25) is 0 Å². The second-order valence-corrected chi connectivity index (χ2v) is 3.15. The van der Waals surface area contributed by atoms with Crippen molar-refractivity contribution in [2.75, 3.05) is 5.32 Å². The van der Waals surface area contributed by atoms with Crippen LogP contribution in [0.3, 0.4) is 0 Å². The highest BCUT2D eigenvalue weighted by molar-refractivity contribution is 5.33. The number of nitrogens with one attached hydrogen (secondary N) is 1. The highest BCUT2D eigenvalue weighted by Gasteiger charge is 2.00. The van der Waals surface area contributed by atoms with Gasteiger partial charge in [-0.1, -0.05) is 6.07 Å². The molecule has 4 nitrogen and oxygen atoms in total. The van der Waals surface area contributed by atoms with E-state index in [4.69, 9.17) is 0 Å². The van der Waals surface area contributed by atoms with Crippen LogP contribution in [0.1, 0.15) is 5.82 Å². The summed E-state index contributed by atoms with van der Waals surface area (Å²) in [7, 11) is 1.91. The summed E-state index contributed by atoms with van der Waals surface area (Å²) in [5.41, 5.74) is 0. The predicted molar refractivity (Wildman–Crippen MR) is 54.7 cm³/mol. The van der Waals surface area contributed by atoms with Crippen LogP contribution < -0.4 is 5.32 Å². The molecule has 0 fully saturated rings. The Morgan fingerprint density at radius 2 is 2.33 bits per heavy atom. The molecule has 2 rings (SSSR count). The van der Waals surface area contributed by atoms with Gasteiger partial charge >= 0.3 is 0 Å². The number of hydrogen-bond donors (Lipinski definition) is 1. The van der Waals surface area contributed by atoms with Crippen LogP contribution in [0.15, 0.2) is 30.6 Å². The van der Waals surface area contributed by atoms with E-state index >= 15 is 0 Å². The quantitative estimate of drug-likeness (QED) is 0.775. The minimum absolute atomic E-state index is 0.486. The lowest BCUT2D eigenvalue weighted by Crippen LogP contribution is -2.06. The smallest absolute Gasteiger partial charge is 0.214 e. The summed E-state index contributed by atoms with van der Waals surface area (Å²) in [5, 5.41) is 2.99. The molecule has 0 atom stereocenters. The Bertz CT molecular complexity index is 452. The molecule has 2 heterocycles. The van der Waals surface area contributed by atoms with Crippen LogP contribution in [0.2, 0.25) is 0 Å². The molecule has 2 aromatic heterocycles. The van der Waals surface area contributed by atoms with Crippen molar-refractivity contribution in [3.63, 3.8) is 0 Å². The fraction of sp³-hybridized carbons (Fsp3) is 0.200. The molecule has 5 heteroatoms. The largest absolute Gasteiger partial charge is 0.363 e. The van der Waals surface area contributed by atoms with Crippen molar-refractivity contribution in [1.29, 1.82) is 0 Å². The first-order chi connectivity index (χ1) is 7.25. The topological polar surface area (TPSA) is 42.7 Å². The molecule has 0 amide bonds. The van der Waals surface area contributed by atoms with Crippen LogP contribution in [0, 0.1) is 5.95 Å². The Labute approximate surface area is 86.8 Å². The van der Waals surface area contributed by atoms with Crippen LogP contribution >= 0.6 is 0 Å². The summed E-state index contributed by atoms with van der Waals surface area (Å²) < 4.78 is 14.6. The average molecular weight is 206 g/mol. The normalized spacial score (nSPS) is 10.3. The predicted octanol–water partition coefficient (Wildman–Crippen LogP) is 1.57. The van der Waals surface area contributed by atoms with E-state index in [1.165, 1.54) is 6.07 Å². The fourth-order valence-corrected chi connectivity index (χ4v) is 1.24. The van der Waals surface area contributed by atoms with Crippen molar-refractivity contribution >= 4 is 5.82 Å². The third kappa shape index (κ3) is 2.31. The maximum atomic E-state index is 12.7. The molecule has 0 saturated heterocycles. The van der Waals surface area contributed by atoms with Gasteiger partial charge in [0.1, 0.15) is 11.6 Å². The number of imidazole rings is 1. The van der Waals surface area contributed by atoms with E-state index in [2.05, 4.69) is 15.3 Å². The van der Waals surface area contributed by atoms with E-state index in [9.17, 15) is 4.39 Å². The Balaban J connectivity index is 2.02. The highest BCUT2D eigenvalue weighted by atomic mass is 19.1. The Hall–Kier alpha value is -1.91. The monoisotopic (exact) mass is 206 g/mol. The standard InChI is InChI=1S/C10H11FN4/c1-15-6-5-12-10(15)7-13-9-4-2-3-8(11)14-9/h2-6H,7H2,1H3,(H,13,14). The second-order valence-electron chi connectivity index (χ2n) is 3.15. The van der Waals surface area contributed by atoms with Crippen molar-refractivity contribution in [3.8, 4) is 0 Å². The van der Waals surface area contributed by atoms with Gasteiger partial charge < -0.3 is 9.88 Å². The van der Waals surface area contributed by atoms with Crippen LogP contribution in [0.4, 0.5) is 10.2 Å². The number of aromatic nitrogens is 3. The van der Waals surface area contributed by atoms with Crippen LogP contribution in [-0.4, -0.2) is 14.5 Å². The number of nitrogens with zero attached hydrogens (tertiary/aromatic N) is 3. The molecule has 0 radical (unpaired) electrons. The molecule has 1 N–H and O–H groups in total. The Kier molecular flexibility index (Phi) is 2.62. The van der Waals surface area contributed by atoms with Gasteiger partial charge in [0.15, 0.2) is 0 Å². The maximum Gasteiger partial charge on any atom is 0.214 e. The number of rotatable bonds is 3. The summed E-state index contributed by atoms with van der Waals surface area (Å²) in [4.78, 5) is 7.82.